The molecule has 1 fully saturated rings. The van der Waals surface area contributed by atoms with E-state index in [0.29, 0.717) is 18.3 Å². The second-order valence-corrected chi connectivity index (χ2v) is 8.10. The highest BCUT2D eigenvalue weighted by Crippen LogP contribution is 2.27. The summed E-state index contributed by atoms with van der Waals surface area (Å²) >= 11 is 0. The van der Waals surface area contributed by atoms with Crippen LogP contribution in [-0.2, 0) is 0 Å². The maximum absolute atomic E-state index is 10.9. The normalized spacial score (nSPS) is 16.7. The summed E-state index contributed by atoms with van der Waals surface area (Å²) in [5.41, 5.74) is 3.02. The van der Waals surface area contributed by atoms with Crippen LogP contribution in [-0.4, -0.2) is 54.3 Å². The minimum Gasteiger partial charge on any atom is -0.495 e. The number of ether oxygens (including phenoxy) is 1. The minimum atomic E-state index is -0.545. The zero-order chi connectivity index (χ0) is 21.5. The molecule has 0 amide bonds. The molecule has 1 atom stereocenters. The van der Waals surface area contributed by atoms with Crippen LogP contribution < -0.4 is 10.1 Å². The smallest absolute Gasteiger partial charge is 0.137 e. The average Bonchev–Trinajstić information content (AvgIpc) is 2.82. The van der Waals surface area contributed by atoms with Gasteiger partial charge in [-0.3, -0.25) is 4.98 Å². The van der Waals surface area contributed by atoms with E-state index in [1.807, 2.05) is 30.3 Å². The maximum Gasteiger partial charge on any atom is 0.137 e. The van der Waals surface area contributed by atoms with Crippen molar-refractivity contribution in [2.75, 3.05) is 33.3 Å². The van der Waals surface area contributed by atoms with Crippen molar-refractivity contribution in [3.8, 4) is 5.75 Å². The highest BCUT2D eigenvalue weighted by atomic mass is 16.5. The Balaban J connectivity index is 1.27. The van der Waals surface area contributed by atoms with E-state index in [4.69, 9.17) is 4.74 Å². The molecule has 5 heteroatoms. The van der Waals surface area contributed by atoms with Crippen LogP contribution in [0.5, 0.6) is 5.75 Å². The zero-order valence-corrected chi connectivity index (χ0v) is 18.1. The molecule has 2 N–H and O–H groups in total. The van der Waals surface area contributed by atoms with E-state index in [-0.39, 0.29) is 0 Å². The third-order valence-electron chi connectivity index (χ3n) is 5.98. The molecule has 2 heterocycles. The number of aliphatic hydroxyl groups is 1. The number of piperidine rings is 1. The molecule has 31 heavy (non-hydrogen) atoms. The number of nitrogens with one attached hydrogen (secondary N) is 1. The summed E-state index contributed by atoms with van der Waals surface area (Å²) in [5.74, 6) is 0.709. The molecule has 5 nitrogen and oxygen atoms in total. The zero-order valence-electron chi connectivity index (χ0n) is 18.1. The van der Waals surface area contributed by atoms with E-state index < -0.39 is 6.10 Å². The quantitative estimate of drug-likeness (QED) is 0.579. The Hall–Kier alpha value is -2.73. The lowest BCUT2D eigenvalue weighted by Gasteiger charge is -2.33. The molecule has 162 valence electrons. The van der Waals surface area contributed by atoms with Gasteiger partial charge in [0.2, 0.25) is 0 Å². The number of hydrogen-bond acceptors (Lipinski definition) is 5. The Labute approximate surface area is 184 Å². The standard InChI is InChI=1S/C26H31N3O2/c1-31-22-17-24-23(10-5-11-25(24)28-18-22)26(30)19-29-15-12-21(13-16-29)27-14-6-9-20-7-3-2-4-8-20/h2-11,17-18,21,26-27,30H,12-16,19H2,1H3. The summed E-state index contributed by atoms with van der Waals surface area (Å²) < 4.78 is 5.32. The molecule has 0 bridgehead atoms. The van der Waals surface area contributed by atoms with Gasteiger partial charge in [-0.25, -0.2) is 0 Å². The summed E-state index contributed by atoms with van der Waals surface area (Å²) in [6.07, 6.45) is 7.70. The number of rotatable bonds is 8. The molecule has 1 aromatic heterocycles. The van der Waals surface area contributed by atoms with Crippen molar-refractivity contribution in [2.24, 2.45) is 0 Å². The van der Waals surface area contributed by atoms with E-state index in [1.54, 1.807) is 13.3 Å². The van der Waals surface area contributed by atoms with Gasteiger partial charge in [0.1, 0.15) is 5.75 Å². The largest absolute Gasteiger partial charge is 0.495 e. The second kappa shape index (κ2) is 10.5. The van der Waals surface area contributed by atoms with Gasteiger partial charge in [-0.2, -0.15) is 0 Å². The highest BCUT2D eigenvalue weighted by Gasteiger charge is 2.22. The molecule has 0 saturated carbocycles. The van der Waals surface area contributed by atoms with Gasteiger partial charge < -0.3 is 20.1 Å². The van der Waals surface area contributed by atoms with Crippen LogP contribution in [0.25, 0.3) is 17.0 Å². The maximum atomic E-state index is 10.9. The number of pyridine rings is 1. The van der Waals surface area contributed by atoms with E-state index in [2.05, 4.69) is 51.6 Å². The predicted octanol–water partition coefficient (Wildman–Crippen LogP) is 4.04. The first-order chi connectivity index (χ1) is 15.2. The van der Waals surface area contributed by atoms with Crippen molar-refractivity contribution < 1.29 is 9.84 Å². The van der Waals surface area contributed by atoms with Gasteiger partial charge in [-0.15, -0.1) is 0 Å². The van der Waals surface area contributed by atoms with E-state index in [9.17, 15) is 5.11 Å². The highest BCUT2D eigenvalue weighted by molar-refractivity contribution is 5.83. The van der Waals surface area contributed by atoms with Gasteiger partial charge in [0.15, 0.2) is 0 Å². The SMILES string of the molecule is COc1cnc2cccc(C(O)CN3CCC(NCC=Cc4ccccc4)CC3)c2c1. The van der Waals surface area contributed by atoms with E-state index in [0.717, 1.165) is 48.9 Å². The van der Waals surface area contributed by atoms with E-state index >= 15 is 0 Å². The number of fused-ring (bicyclic) bond motifs is 1. The first kappa shape index (κ1) is 21.5. The lowest BCUT2D eigenvalue weighted by atomic mass is 10.0. The fourth-order valence-electron chi connectivity index (χ4n) is 4.21. The topological polar surface area (TPSA) is 57.6 Å². The van der Waals surface area contributed by atoms with Crippen molar-refractivity contribution in [1.82, 2.24) is 15.2 Å². The summed E-state index contributed by atoms with van der Waals surface area (Å²) in [7, 11) is 1.64. The van der Waals surface area contributed by atoms with Gasteiger partial charge in [0.05, 0.1) is 24.9 Å². The monoisotopic (exact) mass is 417 g/mol. The second-order valence-electron chi connectivity index (χ2n) is 8.10. The van der Waals surface area contributed by atoms with Crippen LogP contribution in [0.3, 0.4) is 0 Å². The van der Waals surface area contributed by atoms with Crippen LogP contribution in [0.1, 0.15) is 30.1 Å². The molecular weight excluding hydrogens is 386 g/mol. The molecule has 1 saturated heterocycles. The summed E-state index contributed by atoms with van der Waals surface area (Å²) in [6, 6.07) is 18.8. The molecule has 3 aromatic rings. The number of aromatic nitrogens is 1. The Kier molecular flexibility index (Phi) is 7.30. The number of likely N-dealkylation sites (tertiary alicyclic amines) is 1. The van der Waals surface area contributed by atoms with Crippen LogP contribution in [0, 0.1) is 0 Å². The molecule has 1 aliphatic rings. The van der Waals surface area contributed by atoms with Crippen molar-refractivity contribution in [2.45, 2.75) is 25.0 Å². The Morgan fingerprint density at radius 3 is 2.74 bits per heavy atom. The fourth-order valence-corrected chi connectivity index (χ4v) is 4.21. The van der Waals surface area contributed by atoms with Crippen molar-refractivity contribution in [3.63, 3.8) is 0 Å². The predicted molar refractivity (Wildman–Crippen MR) is 126 cm³/mol. The lowest BCUT2D eigenvalue weighted by molar-refractivity contribution is 0.0955. The van der Waals surface area contributed by atoms with Gasteiger partial charge in [0, 0.05) is 24.5 Å². The van der Waals surface area contributed by atoms with Crippen LogP contribution in [0.15, 0.2) is 66.9 Å². The summed E-state index contributed by atoms with van der Waals surface area (Å²) in [4.78, 5) is 6.80. The number of β-amino-alcohol motifs (C(OH)–C–C–N with tert-alkyl or cyclic N) is 1. The molecule has 0 spiro atoms. The van der Waals surface area contributed by atoms with Crippen molar-refractivity contribution >= 4 is 17.0 Å². The van der Waals surface area contributed by atoms with Gasteiger partial charge in [-0.1, -0.05) is 54.6 Å². The van der Waals surface area contributed by atoms with Gasteiger partial charge >= 0.3 is 0 Å². The molecule has 0 aliphatic carbocycles. The number of methoxy groups -OCH3 is 1. The Morgan fingerprint density at radius 2 is 1.97 bits per heavy atom. The molecule has 2 aromatic carbocycles. The number of benzene rings is 2. The third kappa shape index (κ3) is 5.70. The van der Waals surface area contributed by atoms with Crippen molar-refractivity contribution in [1.29, 1.82) is 0 Å². The summed E-state index contributed by atoms with van der Waals surface area (Å²) in [5, 5.41) is 15.5. The number of aliphatic hydroxyl groups excluding tert-OH is 1. The van der Waals surface area contributed by atoms with Gasteiger partial charge in [-0.05, 0) is 49.2 Å². The third-order valence-corrected chi connectivity index (χ3v) is 5.98. The summed E-state index contributed by atoms with van der Waals surface area (Å²) in [6.45, 7) is 3.50. The molecular formula is C26H31N3O2. The fraction of sp³-hybridized carbons (Fsp3) is 0.346. The van der Waals surface area contributed by atoms with Gasteiger partial charge in [0.25, 0.3) is 0 Å². The Morgan fingerprint density at radius 1 is 1.16 bits per heavy atom. The molecule has 1 aliphatic heterocycles. The van der Waals surface area contributed by atoms with Crippen molar-refractivity contribution in [3.05, 3.63) is 78.0 Å². The van der Waals surface area contributed by atoms with E-state index in [1.165, 1.54) is 5.56 Å². The molecule has 1 unspecified atom stereocenters. The lowest BCUT2D eigenvalue weighted by Crippen LogP contribution is -2.43. The first-order valence-electron chi connectivity index (χ1n) is 11.0. The molecule has 0 radical (unpaired) electrons. The first-order valence-corrected chi connectivity index (χ1v) is 11.0. The van der Waals surface area contributed by atoms with Crippen LogP contribution in [0.2, 0.25) is 0 Å². The van der Waals surface area contributed by atoms with Crippen LogP contribution in [0.4, 0.5) is 0 Å². The number of hydrogen-bond donors (Lipinski definition) is 2. The molecule has 4 rings (SSSR count). The minimum absolute atomic E-state index is 0.528. The average molecular weight is 418 g/mol. The van der Waals surface area contributed by atoms with Crippen LogP contribution >= 0.6 is 0 Å². The number of nitrogens with zero attached hydrogens (tertiary/aromatic N) is 2. The Bertz CT molecular complexity index is 998.